The summed E-state index contributed by atoms with van der Waals surface area (Å²) in [4.78, 5) is 2.53. The largest absolute Gasteiger partial charge is 0.489 e. The Hall–Kier alpha value is -1.84. The van der Waals surface area contributed by atoms with Gasteiger partial charge in [0, 0.05) is 12.6 Å². The van der Waals surface area contributed by atoms with Gasteiger partial charge in [0.15, 0.2) is 0 Å². The highest BCUT2D eigenvalue weighted by Gasteiger charge is 2.47. The topological polar surface area (TPSA) is 32.7 Å². The number of hydrogen-bond donors (Lipinski definition) is 1. The van der Waals surface area contributed by atoms with Crippen LogP contribution in [0.15, 0.2) is 48.5 Å². The fourth-order valence-electron chi connectivity index (χ4n) is 4.92. The number of hydrogen-bond acceptors (Lipinski definition) is 3. The molecule has 29 heavy (non-hydrogen) atoms. The average Bonchev–Trinajstić information content (AvgIpc) is 3.55. The Morgan fingerprint density at radius 2 is 1.83 bits per heavy atom. The van der Waals surface area contributed by atoms with Crippen molar-refractivity contribution in [2.45, 2.75) is 64.7 Å². The van der Waals surface area contributed by atoms with Crippen LogP contribution in [0.5, 0.6) is 5.75 Å². The molecule has 2 aliphatic rings. The molecule has 3 nitrogen and oxygen atoms in total. The van der Waals surface area contributed by atoms with Gasteiger partial charge in [-0.15, -0.1) is 0 Å². The number of fused-ring (bicyclic) bond motifs is 1. The molecule has 0 spiro atoms. The van der Waals surface area contributed by atoms with E-state index in [2.05, 4.69) is 56.9 Å². The van der Waals surface area contributed by atoms with Gasteiger partial charge >= 0.3 is 0 Å². The standard InChI is InChI=1S/C26H35NO2/c1-5-27(16-19-11-12-19)24-18(2)26(3,4)23-15-21(13-14-22(23)25(24)28)29-17-20-9-7-6-8-10-20/h6-10,13-15,18-19,24-25,28H,5,11-12,16-17H2,1-4H3/t18-,24-,25+/m0/s1. The zero-order valence-corrected chi connectivity index (χ0v) is 18.3. The lowest BCUT2D eigenvalue weighted by atomic mass is 9.62. The van der Waals surface area contributed by atoms with Crippen LogP contribution in [0.4, 0.5) is 0 Å². The summed E-state index contributed by atoms with van der Waals surface area (Å²) in [7, 11) is 0. The SMILES string of the molecule is CCN(CC1CC1)[C@@H]1[C@H](O)c2ccc(OCc3ccccc3)cc2C(C)(C)[C@H]1C. The van der Waals surface area contributed by atoms with Crippen molar-refractivity contribution >= 4 is 0 Å². The first-order valence-corrected chi connectivity index (χ1v) is 11.1. The van der Waals surface area contributed by atoms with Crippen LogP contribution >= 0.6 is 0 Å². The summed E-state index contributed by atoms with van der Waals surface area (Å²) in [5, 5.41) is 11.4. The zero-order chi connectivity index (χ0) is 20.6. The number of rotatable bonds is 7. The molecule has 2 aliphatic carbocycles. The van der Waals surface area contributed by atoms with E-state index in [1.54, 1.807) is 0 Å². The van der Waals surface area contributed by atoms with Gasteiger partial charge in [-0.3, -0.25) is 4.90 Å². The van der Waals surface area contributed by atoms with Crippen LogP contribution in [-0.4, -0.2) is 29.1 Å². The summed E-state index contributed by atoms with van der Waals surface area (Å²) in [6.07, 6.45) is 2.24. The summed E-state index contributed by atoms with van der Waals surface area (Å²) < 4.78 is 6.09. The summed E-state index contributed by atoms with van der Waals surface area (Å²) >= 11 is 0. The molecule has 0 unspecified atom stereocenters. The number of likely N-dealkylation sites (N-methyl/N-ethyl adjacent to an activating group) is 1. The minimum atomic E-state index is -0.449. The Bertz CT molecular complexity index is 828. The van der Waals surface area contributed by atoms with Crippen LogP contribution in [0.2, 0.25) is 0 Å². The van der Waals surface area contributed by atoms with Gasteiger partial charge in [0.1, 0.15) is 12.4 Å². The lowest BCUT2D eigenvalue weighted by Gasteiger charge is -2.50. The molecule has 1 saturated carbocycles. The Morgan fingerprint density at radius 3 is 2.48 bits per heavy atom. The molecule has 0 aliphatic heterocycles. The van der Waals surface area contributed by atoms with E-state index in [-0.39, 0.29) is 11.5 Å². The first-order valence-electron chi connectivity index (χ1n) is 11.1. The molecule has 156 valence electrons. The highest BCUT2D eigenvalue weighted by atomic mass is 16.5. The van der Waals surface area contributed by atoms with Crippen molar-refractivity contribution in [1.29, 1.82) is 0 Å². The van der Waals surface area contributed by atoms with Crippen LogP contribution in [0.25, 0.3) is 0 Å². The molecule has 2 aromatic rings. The predicted molar refractivity (Wildman–Crippen MR) is 118 cm³/mol. The van der Waals surface area contributed by atoms with Crippen LogP contribution in [0.3, 0.4) is 0 Å². The smallest absolute Gasteiger partial charge is 0.120 e. The molecular weight excluding hydrogens is 358 g/mol. The van der Waals surface area contributed by atoms with Crippen molar-refractivity contribution in [1.82, 2.24) is 4.90 Å². The van der Waals surface area contributed by atoms with Gasteiger partial charge in [0.2, 0.25) is 0 Å². The number of aliphatic hydroxyl groups excluding tert-OH is 1. The number of aliphatic hydroxyl groups is 1. The molecule has 1 fully saturated rings. The third kappa shape index (κ3) is 4.08. The van der Waals surface area contributed by atoms with Gasteiger partial charge < -0.3 is 9.84 Å². The molecule has 0 bridgehead atoms. The zero-order valence-electron chi connectivity index (χ0n) is 18.3. The fraction of sp³-hybridized carbons (Fsp3) is 0.538. The minimum absolute atomic E-state index is 0.0255. The fourth-order valence-corrected chi connectivity index (χ4v) is 4.92. The van der Waals surface area contributed by atoms with E-state index >= 15 is 0 Å². The Labute approximate surface area is 175 Å². The van der Waals surface area contributed by atoms with Gasteiger partial charge in [0.25, 0.3) is 0 Å². The maximum atomic E-state index is 11.4. The van der Waals surface area contributed by atoms with Crippen molar-refractivity contribution in [3.05, 3.63) is 65.2 Å². The molecule has 0 radical (unpaired) electrons. The molecule has 4 rings (SSSR count). The van der Waals surface area contributed by atoms with Crippen molar-refractivity contribution < 1.29 is 9.84 Å². The first kappa shape index (κ1) is 20.4. The van der Waals surface area contributed by atoms with Crippen molar-refractivity contribution in [3.8, 4) is 5.75 Å². The Morgan fingerprint density at radius 1 is 1.10 bits per heavy atom. The summed E-state index contributed by atoms with van der Waals surface area (Å²) in [5.74, 6) is 2.06. The molecule has 0 aromatic heterocycles. The van der Waals surface area contributed by atoms with Gasteiger partial charge in [-0.25, -0.2) is 0 Å². The lowest BCUT2D eigenvalue weighted by Crippen LogP contribution is -2.53. The molecule has 3 atom stereocenters. The number of benzene rings is 2. The first-order chi connectivity index (χ1) is 13.9. The Balaban J connectivity index is 1.59. The lowest BCUT2D eigenvalue weighted by molar-refractivity contribution is -0.0140. The monoisotopic (exact) mass is 393 g/mol. The van der Waals surface area contributed by atoms with Gasteiger partial charge in [-0.2, -0.15) is 0 Å². The predicted octanol–water partition coefficient (Wildman–Crippen LogP) is 5.33. The number of nitrogens with zero attached hydrogens (tertiary/aromatic N) is 1. The van der Waals surface area contributed by atoms with E-state index in [0.717, 1.165) is 35.9 Å². The second kappa shape index (κ2) is 8.12. The number of ether oxygens (including phenoxy) is 1. The average molecular weight is 394 g/mol. The van der Waals surface area contributed by atoms with Crippen LogP contribution in [0.1, 0.15) is 63.3 Å². The van der Waals surface area contributed by atoms with E-state index in [9.17, 15) is 5.11 Å². The normalized spacial score (nSPS) is 25.7. The highest BCUT2D eigenvalue weighted by Crippen LogP contribution is 2.49. The van der Waals surface area contributed by atoms with Crippen LogP contribution in [-0.2, 0) is 12.0 Å². The van der Waals surface area contributed by atoms with Gasteiger partial charge in [0.05, 0.1) is 6.10 Å². The second-order valence-electron chi connectivity index (χ2n) is 9.50. The molecular formula is C26H35NO2. The quantitative estimate of drug-likeness (QED) is 0.690. The maximum Gasteiger partial charge on any atom is 0.120 e. The minimum Gasteiger partial charge on any atom is -0.489 e. The third-order valence-corrected chi connectivity index (χ3v) is 7.28. The summed E-state index contributed by atoms with van der Waals surface area (Å²) in [6.45, 7) is 11.8. The van der Waals surface area contributed by atoms with Gasteiger partial charge in [-0.05, 0) is 65.5 Å². The molecule has 2 aromatic carbocycles. The summed E-state index contributed by atoms with van der Waals surface area (Å²) in [6, 6.07) is 16.7. The van der Waals surface area contributed by atoms with Crippen LogP contribution < -0.4 is 4.74 Å². The molecule has 0 amide bonds. The molecule has 0 saturated heterocycles. The van der Waals surface area contributed by atoms with E-state index in [4.69, 9.17) is 4.74 Å². The van der Waals surface area contributed by atoms with Crippen molar-refractivity contribution in [2.75, 3.05) is 13.1 Å². The van der Waals surface area contributed by atoms with Crippen LogP contribution in [0, 0.1) is 11.8 Å². The summed E-state index contributed by atoms with van der Waals surface area (Å²) in [5.41, 5.74) is 3.43. The molecule has 3 heteroatoms. The molecule has 0 heterocycles. The van der Waals surface area contributed by atoms with Crippen molar-refractivity contribution in [3.63, 3.8) is 0 Å². The van der Waals surface area contributed by atoms with Crippen molar-refractivity contribution in [2.24, 2.45) is 11.8 Å². The maximum absolute atomic E-state index is 11.4. The van der Waals surface area contributed by atoms with E-state index in [1.807, 2.05) is 24.3 Å². The highest BCUT2D eigenvalue weighted by molar-refractivity contribution is 5.45. The van der Waals surface area contributed by atoms with E-state index in [0.29, 0.717) is 12.5 Å². The molecule has 1 N–H and O–H groups in total. The van der Waals surface area contributed by atoms with E-state index < -0.39 is 6.10 Å². The second-order valence-corrected chi connectivity index (χ2v) is 9.50. The Kier molecular flexibility index (Phi) is 5.72. The van der Waals surface area contributed by atoms with Gasteiger partial charge in [-0.1, -0.05) is 64.1 Å². The van der Waals surface area contributed by atoms with E-state index in [1.165, 1.54) is 18.4 Å². The third-order valence-electron chi connectivity index (χ3n) is 7.28.